The molecule has 0 unspecified atom stereocenters. The summed E-state index contributed by atoms with van der Waals surface area (Å²) in [6, 6.07) is 3.68. The fourth-order valence-corrected chi connectivity index (χ4v) is 2.16. The normalized spacial score (nSPS) is 10.6. The van der Waals surface area contributed by atoms with E-state index in [0.29, 0.717) is 5.19 Å². The van der Waals surface area contributed by atoms with Gasteiger partial charge in [-0.25, -0.2) is 4.79 Å². The highest BCUT2D eigenvalue weighted by molar-refractivity contribution is 6.94. The number of benzene rings is 1. The number of aliphatic carboxylic acids is 1. The van der Waals surface area contributed by atoms with Crippen LogP contribution in [-0.4, -0.2) is 36.2 Å². The summed E-state index contributed by atoms with van der Waals surface area (Å²) in [5.74, 6) is -1.82. The average molecular weight is 212 g/mol. The Kier molecular flexibility index (Phi) is 2.88. The predicted molar refractivity (Wildman–Crippen MR) is 50.6 cm³/mol. The second kappa shape index (κ2) is 3.92. The summed E-state index contributed by atoms with van der Waals surface area (Å²) < 4.78 is 0. The average Bonchev–Trinajstić information content (AvgIpc) is 2.01. The summed E-state index contributed by atoms with van der Waals surface area (Å²) >= 11 is 0. The number of carbonyl (C=O) groups excluding carboxylic acids is 1. The molecule has 74 valence electrons. The summed E-state index contributed by atoms with van der Waals surface area (Å²) in [7, 11) is -1.64. The first-order chi connectivity index (χ1) is 6.49. The van der Waals surface area contributed by atoms with Crippen molar-refractivity contribution in [2.45, 2.75) is 0 Å². The van der Waals surface area contributed by atoms with Crippen molar-refractivity contribution in [2.75, 3.05) is 0 Å². The van der Waals surface area contributed by atoms with Gasteiger partial charge in [-0.15, -0.1) is 0 Å². The van der Waals surface area contributed by atoms with Gasteiger partial charge in [-0.05, 0) is 17.3 Å². The van der Waals surface area contributed by atoms with Crippen LogP contribution in [0.25, 0.3) is 0 Å². The summed E-state index contributed by atoms with van der Waals surface area (Å²) in [4.78, 5) is 21.1. The van der Waals surface area contributed by atoms with Gasteiger partial charge in [0.2, 0.25) is 5.41 Å². The summed E-state index contributed by atoms with van der Waals surface area (Å²) in [5.41, 5.74) is 0. The zero-order valence-electron chi connectivity index (χ0n) is 7.10. The van der Waals surface area contributed by atoms with Crippen LogP contribution in [0.2, 0.25) is 0 Å². The zero-order chi connectivity index (χ0) is 10.7. The number of phenolic OH excluding ortho intramolecular Hbond substituents is 2. The molecule has 1 aromatic carbocycles. The molecule has 0 saturated heterocycles. The van der Waals surface area contributed by atoms with Crippen molar-refractivity contribution in [2.24, 2.45) is 0 Å². The Morgan fingerprint density at radius 2 is 1.57 bits per heavy atom. The number of aromatic hydroxyl groups is 2. The molecule has 0 radical (unpaired) electrons. The van der Waals surface area contributed by atoms with E-state index in [0.717, 1.165) is 6.07 Å². The highest BCUT2D eigenvalue weighted by Gasteiger charge is 2.13. The van der Waals surface area contributed by atoms with E-state index >= 15 is 0 Å². The van der Waals surface area contributed by atoms with Crippen molar-refractivity contribution >= 4 is 26.1 Å². The Balaban J connectivity index is 2.87. The summed E-state index contributed by atoms with van der Waals surface area (Å²) in [6.07, 6.45) is 0. The van der Waals surface area contributed by atoms with Crippen molar-refractivity contribution in [3.8, 4) is 11.5 Å². The zero-order valence-corrected chi connectivity index (χ0v) is 8.51. The fraction of sp³-hybridized carbons (Fsp3) is 0. The van der Waals surface area contributed by atoms with Gasteiger partial charge in [-0.3, -0.25) is 4.79 Å². The molecular formula is C8H8O5Si. The second-order valence-electron chi connectivity index (χ2n) is 2.76. The molecule has 1 rings (SSSR count). The largest absolute Gasteiger partial charge is 0.508 e. The topological polar surface area (TPSA) is 94.8 Å². The van der Waals surface area contributed by atoms with E-state index in [1.165, 1.54) is 12.1 Å². The lowest BCUT2D eigenvalue weighted by Gasteiger charge is -1.99. The number of rotatable bonds is 3. The fourth-order valence-electron chi connectivity index (χ4n) is 1.02. The van der Waals surface area contributed by atoms with Gasteiger partial charge in [0.25, 0.3) is 0 Å². The smallest absolute Gasteiger partial charge is 0.366 e. The van der Waals surface area contributed by atoms with Gasteiger partial charge in [-0.1, -0.05) is 0 Å². The maximum absolute atomic E-state index is 10.8. The van der Waals surface area contributed by atoms with Crippen LogP contribution >= 0.6 is 0 Å². The number of hydrogen-bond acceptors (Lipinski definition) is 4. The van der Waals surface area contributed by atoms with E-state index in [-0.39, 0.29) is 11.5 Å². The first-order valence-corrected chi connectivity index (χ1v) is 5.18. The minimum absolute atomic E-state index is 0.175. The van der Waals surface area contributed by atoms with Gasteiger partial charge in [0, 0.05) is 6.07 Å². The van der Waals surface area contributed by atoms with Crippen LogP contribution in [-0.2, 0) is 9.59 Å². The van der Waals surface area contributed by atoms with Gasteiger partial charge in [0.1, 0.15) is 21.0 Å². The van der Waals surface area contributed by atoms with Crippen molar-refractivity contribution in [3.63, 3.8) is 0 Å². The molecule has 0 aliphatic carbocycles. The molecule has 0 atom stereocenters. The standard InChI is InChI=1S/C8H8O5Si/c9-4-1-5(10)3-6(2-4)14-8(13)7(11)12/h1-3,9-10H,14H2,(H,11,12). The molecule has 5 nitrogen and oxygen atoms in total. The molecule has 0 saturated carbocycles. The highest BCUT2D eigenvalue weighted by Crippen LogP contribution is 2.13. The Labute approximate surface area is 81.4 Å². The highest BCUT2D eigenvalue weighted by atomic mass is 28.2. The Hall–Kier alpha value is -1.82. The van der Waals surface area contributed by atoms with E-state index in [4.69, 9.17) is 15.3 Å². The van der Waals surface area contributed by atoms with Gasteiger partial charge in [0.05, 0.1) is 0 Å². The van der Waals surface area contributed by atoms with Crippen molar-refractivity contribution < 1.29 is 24.9 Å². The lowest BCUT2D eigenvalue weighted by molar-refractivity contribution is -0.145. The lowest BCUT2D eigenvalue weighted by atomic mass is 10.3. The van der Waals surface area contributed by atoms with Crippen LogP contribution in [0.3, 0.4) is 0 Å². The lowest BCUT2D eigenvalue weighted by Crippen LogP contribution is -2.29. The second-order valence-corrected chi connectivity index (χ2v) is 4.58. The molecular weight excluding hydrogens is 204 g/mol. The quantitative estimate of drug-likeness (QED) is 0.419. The van der Waals surface area contributed by atoms with E-state index in [2.05, 4.69) is 0 Å². The molecule has 14 heavy (non-hydrogen) atoms. The maximum atomic E-state index is 10.8. The maximum Gasteiger partial charge on any atom is 0.366 e. The molecule has 0 aliphatic rings. The van der Waals surface area contributed by atoms with Crippen LogP contribution in [0.15, 0.2) is 18.2 Å². The van der Waals surface area contributed by atoms with Crippen molar-refractivity contribution in [1.82, 2.24) is 0 Å². The Morgan fingerprint density at radius 3 is 2.00 bits per heavy atom. The van der Waals surface area contributed by atoms with Crippen LogP contribution in [0.5, 0.6) is 11.5 Å². The van der Waals surface area contributed by atoms with Crippen LogP contribution in [0, 0.1) is 0 Å². The van der Waals surface area contributed by atoms with Crippen LogP contribution < -0.4 is 5.19 Å². The van der Waals surface area contributed by atoms with E-state index < -0.39 is 20.9 Å². The number of phenols is 2. The molecule has 0 spiro atoms. The molecule has 0 aliphatic heterocycles. The molecule has 0 fully saturated rings. The molecule has 0 aromatic heterocycles. The minimum atomic E-state index is -1.64. The van der Waals surface area contributed by atoms with Crippen LogP contribution in [0.1, 0.15) is 0 Å². The third-order valence-electron chi connectivity index (χ3n) is 1.57. The van der Waals surface area contributed by atoms with Gasteiger partial charge < -0.3 is 15.3 Å². The first kappa shape index (κ1) is 10.3. The Bertz CT molecular complexity index is 367. The third-order valence-corrected chi connectivity index (χ3v) is 3.01. The Morgan fingerprint density at radius 1 is 1.07 bits per heavy atom. The van der Waals surface area contributed by atoms with Crippen molar-refractivity contribution in [3.05, 3.63) is 18.2 Å². The number of carboxylic acids is 1. The summed E-state index contributed by atoms with van der Waals surface area (Å²) in [5, 5.41) is 26.0. The molecule has 0 amide bonds. The van der Waals surface area contributed by atoms with Crippen LogP contribution in [0.4, 0.5) is 0 Å². The van der Waals surface area contributed by atoms with E-state index in [9.17, 15) is 9.59 Å². The predicted octanol–water partition coefficient (Wildman–Crippen LogP) is -1.50. The van der Waals surface area contributed by atoms with Gasteiger partial charge in [0.15, 0.2) is 0 Å². The molecule has 1 aromatic rings. The minimum Gasteiger partial charge on any atom is -0.508 e. The number of carbonyl (C=O) groups is 2. The molecule has 6 heteroatoms. The third kappa shape index (κ3) is 2.59. The van der Waals surface area contributed by atoms with Gasteiger partial charge in [-0.2, -0.15) is 0 Å². The van der Waals surface area contributed by atoms with Gasteiger partial charge >= 0.3 is 5.97 Å². The first-order valence-electron chi connectivity index (χ1n) is 3.77. The molecule has 0 bridgehead atoms. The number of carboxylic acid groups (broad SMARTS) is 1. The van der Waals surface area contributed by atoms with E-state index in [1.807, 2.05) is 0 Å². The molecule has 3 N–H and O–H groups in total. The number of hydrogen-bond donors (Lipinski definition) is 3. The monoisotopic (exact) mass is 212 g/mol. The molecule has 0 heterocycles. The van der Waals surface area contributed by atoms with Crippen molar-refractivity contribution in [1.29, 1.82) is 0 Å². The summed E-state index contributed by atoms with van der Waals surface area (Å²) in [6.45, 7) is 0. The van der Waals surface area contributed by atoms with E-state index in [1.54, 1.807) is 0 Å². The SMILES string of the molecule is O=C(O)C(=O)[SiH2]c1cc(O)cc(O)c1.